The molecule has 1 unspecified atom stereocenters. The van der Waals surface area contributed by atoms with Gasteiger partial charge in [0.1, 0.15) is 23.4 Å². The van der Waals surface area contributed by atoms with E-state index >= 15 is 0 Å². The zero-order valence-corrected chi connectivity index (χ0v) is 35.6. The van der Waals surface area contributed by atoms with Crippen LogP contribution in [0.15, 0.2) is 79.0 Å². The summed E-state index contributed by atoms with van der Waals surface area (Å²) in [7, 11) is 4.10. The molecule has 14 nitrogen and oxygen atoms in total. The van der Waals surface area contributed by atoms with Gasteiger partial charge in [-0.15, -0.1) is 11.3 Å². The van der Waals surface area contributed by atoms with Crippen molar-refractivity contribution in [1.82, 2.24) is 20.2 Å². The Kier molecular flexibility index (Phi) is 15.8. The molecule has 61 heavy (non-hydrogen) atoms. The van der Waals surface area contributed by atoms with Crippen molar-refractivity contribution >= 4 is 45.0 Å². The quantitative estimate of drug-likeness (QED) is 0.0578. The molecule has 0 bridgehead atoms. The highest BCUT2D eigenvalue weighted by Crippen LogP contribution is 2.34. The summed E-state index contributed by atoms with van der Waals surface area (Å²) < 4.78 is 35.1. The third-order valence-corrected chi connectivity index (χ3v) is 11.4. The van der Waals surface area contributed by atoms with Gasteiger partial charge in [0.25, 0.3) is 5.91 Å². The van der Waals surface area contributed by atoms with Crippen molar-refractivity contribution in [2.75, 3.05) is 91.7 Å². The zero-order valence-electron chi connectivity index (χ0n) is 34.8. The highest BCUT2D eigenvalue weighted by Gasteiger charge is 2.39. The summed E-state index contributed by atoms with van der Waals surface area (Å²) in [4.78, 5) is 49.7. The molecule has 0 spiro atoms. The van der Waals surface area contributed by atoms with E-state index in [1.54, 1.807) is 23.5 Å². The van der Waals surface area contributed by atoms with E-state index in [2.05, 4.69) is 69.8 Å². The Morgan fingerprint density at radius 2 is 1.39 bits per heavy atom. The van der Waals surface area contributed by atoms with Crippen LogP contribution in [0.3, 0.4) is 0 Å². The summed E-state index contributed by atoms with van der Waals surface area (Å²) in [6.07, 6.45) is 4.23. The van der Waals surface area contributed by atoms with Crippen LogP contribution in [0, 0.1) is 0 Å². The maximum absolute atomic E-state index is 12.8. The molecule has 15 heteroatoms. The molecule has 0 aliphatic carbocycles. The molecule has 3 amide bonds. The molecule has 7 rings (SSSR count). The summed E-state index contributed by atoms with van der Waals surface area (Å²) in [5, 5.41) is 3.34. The van der Waals surface area contributed by atoms with E-state index in [9.17, 15) is 14.4 Å². The van der Waals surface area contributed by atoms with Crippen molar-refractivity contribution in [2.45, 2.75) is 38.3 Å². The Morgan fingerprint density at radius 1 is 0.738 bits per heavy atom. The molecule has 0 radical (unpaired) electrons. The standard InChI is InChI=1S/C46H53N5O9S/c1-50(2)37-11-14-40-42(29-37)61-45(48-40)33-7-5-32(6-8-33)34-9-10-36(47-30-34)4-3-17-55-18-19-56-20-21-57-22-23-58-24-25-59-26-27-60-38-12-13-39-35(28-38)31-51(46(39)54)41-15-16-43(52)49-44(41)53/h5-14,28-30,41H,3-4,15-27,31H2,1-2H3,(H,49,52,53). The summed E-state index contributed by atoms with van der Waals surface area (Å²) in [5.74, 6) is -0.319. The second-order valence-corrected chi connectivity index (χ2v) is 15.9. The van der Waals surface area contributed by atoms with Crippen molar-refractivity contribution in [2.24, 2.45) is 0 Å². The van der Waals surface area contributed by atoms with Crippen LogP contribution in [0.1, 0.15) is 40.9 Å². The van der Waals surface area contributed by atoms with Crippen LogP contribution >= 0.6 is 11.3 Å². The number of carbonyl (C=O) groups excluding carboxylic acids is 3. The van der Waals surface area contributed by atoms with Gasteiger partial charge in [0.2, 0.25) is 11.8 Å². The number of hydrogen-bond acceptors (Lipinski definition) is 13. The predicted octanol–water partition coefficient (Wildman–Crippen LogP) is 5.95. The number of fused-ring (bicyclic) bond motifs is 2. The average molecular weight is 852 g/mol. The molecule has 1 N–H and O–H groups in total. The van der Waals surface area contributed by atoms with Crippen LogP contribution in [-0.2, 0) is 46.2 Å². The lowest BCUT2D eigenvalue weighted by atomic mass is 10.0. The molecule has 2 aliphatic heterocycles. The minimum atomic E-state index is -0.640. The van der Waals surface area contributed by atoms with Gasteiger partial charge in [0.05, 0.1) is 69.7 Å². The van der Waals surface area contributed by atoms with Gasteiger partial charge in [-0.25, -0.2) is 4.98 Å². The van der Waals surface area contributed by atoms with Crippen LogP contribution in [0.25, 0.3) is 31.9 Å². The molecule has 5 aromatic rings. The van der Waals surface area contributed by atoms with Crippen molar-refractivity contribution in [3.63, 3.8) is 0 Å². The lowest BCUT2D eigenvalue weighted by Crippen LogP contribution is -2.52. The summed E-state index contributed by atoms with van der Waals surface area (Å²) in [6, 6.07) is 23.7. The number of benzene rings is 3. The molecule has 2 aliphatic rings. The van der Waals surface area contributed by atoms with Crippen LogP contribution in [0.4, 0.5) is 5.69 Å². The van der Waals surface area contributed by atoms with Gasteiger partial charge in [-0.2, -0.15) is 0 Å². The number of rotatable bonds is 24. The number of hydrogen-bond donors (Lipinski definition) is 1. The van der Waals surface area contributed by atoms with Gasteiger partial charge in [0, 0.05) is 67.9 Å². The third-order valence-electron chi connectivity index (χ3n) is 10.4. The molecule has 1 saturated heterocycles. The zero-order chi connectivity index (χ0) is 42.4. The van der Waals surface area contributed by atoms with Crippen LogP contribution in [-0.4, -0.2) is 125 Å². The molecule has 0 saturated carbocycles. The number of imide groups is 1. The predicted molar refractivity (Wildman–Crippen MR) is 233 cm³/mol. The smallest absolute Gasteiger partial charge is 0.255 e. The Hall–Kier alpha value is -5.29. The first kappa shape index (κ1) is 43.8. The number of aryl methyl sites for hydroxylation is 1. The van der Waals surface area contributed by atoms with E-state index in [-0.39, 0.29) is 18.2 Å². The number of piperidine rings is 1. The highest BCUT2D eigenvalue weighted by atomic mass is 32.1. The van der Waals surface area contributed by atoms with Gasteiger partial charge in [-0.3, -0.25) is 24.7 Å². The first-order valence-electron chi connectivity index (χ1n) is 20.7. The average Bonchev–Trinajstić information content (AvgIpc) is 3.85. The Balaban J connectivity index is 0.650. The van der Waals surface area contributed by atoms with Crippen molar-refractivity contribution < 1.29 is 42.8 Å². The third kappa shape index (κ3) is 12.2. The largest absolute Gasteiger partial charge is 0.491 e. The van der Waals surface area contributed by atoms with Gasteiger partial charge >= 0.3 is 0 Å². The molecular formula is C46H53N5O9S. The molecular weight excluding hydrogens is 799 g/mol. The number of nitrogens with zero attached hydrogens (tertiary/aromatic N) is 4. The Morgan fingerprint density at radius 3 is 2.05 bits per heavy atom. The SMILES string of the molecule is CN(C)c1ccc2nc(-c3ccc(-c4ccc(CCCOCCOCCOCCOCCOCCOc5ccc6c(c5)CN(C5CCC(=O)NC5=O)C6=O)nc4)cc3)sc2c1. The molecule has 322 valence electrons. The van der Waals surface area contributed by atoms with Crippen LogP contribution < -0.4 is 15.0 Å². The number of carbonyl (C=O) groups is 3. The molecule has 4 heterocycles. The number of amides is 3. The van der Waals surface area contributed by atoms with Gasteiger partial charge < -0.3 is 38.2 Å². The second-order valence-electron chi connectivity index (χ2n) is 14.9. The molecule has 2 aromatic heterocycles. The van der Waals surface area contributed by atoms with Crippen molar-refractivity contribution in [1.29, 1.82) is 0 Å². The Labute approximate surface area is 360 Å². The van der Waals surface area contributed by atoms with Crippen molar-refractivity contribution in [3.8, 4) is 27.4 Å². The van der Waals surface area contributed by atoms with Gasteiger partial charge in [-0.05, 0) is 72.9 Å². The molecule has 1 atom stereocenters. The number of ether oxygens (including phenoxy) is 6. The lowest BCUT2D eigenvalue weighted by molar-refractivity contribution is -0.136. The van der Waals surface area contributed by atoms with Crippen LogP contribution in [0.5, 0.6) is 5.75 Å². The van der Waals surface area contributed by atoms with E-state index in [0.717, 1.165) is 51.3 Å². The normalized spacial score (nSPS) is 15.1. The number of thiazole rings is 1. The molecule has 3 aromatic carbocycles. The van der Waals surface area contributed by atoms with Crippen LogP contribution in [0.2, 0.25) is 0 Å². The Bertz CT molecular complexity index is 2230. The number of aromatic nitrogens is 2. The number of nitrogens with one attached hydrogen (secondary N) is 1. The van der Waals surface area contributed by atoms with Crippen molar-refractivity contribution in [3.05, 3.63) is 95.8 Å². The fourth-order valence-corrected chi connectivity index (χ4v) is 8.06. The van der Waals surface area contributed by atoms with E-state index in [0.29, 0.717) is 97.0 Å². The summed E-state index contributed by atoms with van der Waals surface area (Å²) >= 11 is 1.72. The maximum atomic E-state index is 12.8. The topological polar surface area (TPSA) is 151 Å². The summed E-state index contributed by atoms with van der Waals surface area (Å²) in [6.45, 7) is 5.48. The minimum absolute atomic E-state index is 0.209. The second kappa shape index (κ2) is 22.0. The van der Waals surface area contributed by atoms with E-state index in [1.807, 2.05) is 26.4 Å². The first-order chi connectivity index (χ1) is 29.8. The monoisotopic (exact) mass is 851 g/mol. The first-order valence-corrected chi connectivity index (χ1v) is 21.6. The van der Waals surface area contributed by atoms with E-state index in [4.69, 9.17) is 33.4 Å². The van der Waals surface area contributed by atoms with E-state index in [1.165, 1.54) is 15.3 Å². The van der Waals surface area contributed by atoms with Gasteiger partial charge in [-0.1, -0.05) is 30.3 Å². The lowest BCUT2D eigenvalue weighted by Gasteiger charge is -2.29. The number of anilines is 1. The summed E-state index contributed by atoms with van der Waals surface area (Å²) in [5.41, 5.74) is 7.91. The molecule has 1 fully saturated rings. The van der Waals surface area contributed by atoms with Gasteiger partial charge in [0.15, 0.2) is 0 Å². The minimum Gasteiger partial charge on any atom is -0.491 e. The highest BCUT2D eigenvalue weighted by molar-refractivity contribution is 7.21. The van der Waals surface area contributed by atoms with E-state index < -0.39 is 11.9 Å². The fraction of sp³-hybridized carbons (Fsp3) is 0.413. The maximum Gasteiger partial charge on any atom is 0.255 e. The number of pyridine rings is 1. The fourth-order valence-electron chi connectivity index (χ4n) is 7.06.